The first kappa shape index (κ1) is 9.68. The van der Waals surface area contributed by atoms with Gasteiger partial charge in [-0.3, -0.25) is 0 Å². The van der Waals surface area contributed by atoms with Crippen molar-refractivity contribution < 1.29 is 5.11 Å². The number of anilines is 1. The highest BCUT2D eigenvalue weighted by Gasteiger charge is 2.36. The standard InChI is InChI=1S/C9H12ClN3O/c10-7-8(12-5-4-11-7)13-9(6-14)2-1-3-9/h4-5,14H,1-3,6H2,(H,12,13). The first-order valence-corrected chi connectivity index (χ1v) is 4.99. The van der Waals surface area contributed by atoms with Crippen LogP contribution in [0.1, 0.15) is 19.3 Å². The first-order chi connectivity index (χ1) is 6.76. The monoisotopic (exact) mass is 213 g/mol. The van der Waals surface area contributed by atoms with Crippen molar-refractivity contribution in [2.75, 3.05) is 11.9 Å². The molecule has 1 aliphatic rings. The van der Waals surface area contributed by atoms with E-state index in [1.54, 1.807) is 12.4 Å². The smallest absolute Gasteiger partial charge is 0.171 e. The van der Waals surface area contributed by atoms with Gasteiger partial charge in [-0.1, -0.05) is 11.6 Å². The van der Waals surface area contributed by atoms with Crippen molar-refractivity contribution in [3.63, 3.8) is 0 Å². The zero-order chi connectivity index (χ0) is 10.0. The summed E-state index contributed by atoms with van der Waals surface area (Å²) in [6.45, 7) is 0.111. The van der Waals surface area contributed by atoms with E-state index in [1.807, 2.05) is 0 Å². The summed E-state index contributed by atoms with van der Waals surface area (Å²) in [5, 5.41) is 12.7. The van der Waals surface area contributed by atoms with Gasteiger partial charge in [-0.15, -0.1) is 0 Å². The molecule has 5 heteroatoms. The van der Waals surface area contributed by atoms with Crippen LogP contribution < -0.4 is 5.32 Å². The predicted octanol–water partition coefficient (Wildman–Crippen LogP) is 1.46. The van der Waals surface area contributed by atoms with E-state index >= 15 is 0 Å². The maximum absolute atomic E-state index is 9.23. The summed E-state index contributed by atoms with van der Waals surface area (Å²) >= 11 is 5.85. The third-order valence-electron chi connectivity index (χ3n) is 2.65. The van der Waals surface area contributed by atoms with Crippen molar-refractivity contribution in [2.45, 2.75) is 24.8 Å². The molecule has 0 radical (unpaired) electrons. The van der Waals surface area contributed by atoms with E-state index in [4.69, 9.17) is 11.6 Å². The molecule has 1 saturated carbocycles. The number of nitrogens with zero attached hydrogens (tertiary/aromatic N) is 2. The van der Waals surface area contributed by atoms with Gasteiger partial charge in [-0.25, -0.2) is 9.97 Å². The molecule has 0 spiro atoms. The molecule has 0 amide bonds. The highest BCUT2D eigenvalue weighted by atomic mass is 35.5. The summed E-state index contributed by atoms with van der Waals surface area (Å²) in [6.07, 6.45) is 6.16. The van der Waals surface area contributed by atoms with Gasteiger partial charge in [0.15, 0.2) is 11.0 Å². The lowest BCUT2D eigenvalue weighted by atomic mass is 9.77. The Labute approximate surface area is 87.3 Å². The third kappa shape index (κ3) is 1.67. The Morgan fingerprint density at radius 1 is 1.43 bits per heavy atom. The Bertz CT molecular complexity index is 322. The first-order valence-electron chi connectivity index (χ1n) is 4.61. The molecule has 2 N–H and O–H groups in total. The molecule has 0 bridgehead atoms. The number of aliphatic hydroxyl groups is 1. The molecule has 76 valence electrons. The van der Waals surface area contributed by atoms with Crippen molar-refractivity contribution in [3.8, 4) is 0 Å². The van der Waals surface area contributed by atoms with Gasteiger partial charge in [0.05, 0.1) is 12.1 Å². The van der Waals surface area contributed by atoms with E-state index in [9.17, 15) is 5.11 Å². The quantitative estimate of drug-likeness (QED) is 0.798. The highest BCUT2D eigenvalue weighted by molar-refractivity contribution is 6.31. The predicted molar refractivity (Wildman–Crippen MR) is 54.3 cm³/mol. The van der Waals surface area contributed by atoms with E-state index < -0.39 is 0 Å². The topological polar surface area (TPSA) is 58.0 Å². The summed E-state index contributed by atoms with van der Waals surface area (Å²) in [5.41, 5.74) is -0.223. The summed E-state index contributed by atoms with van der Waals surface area (Å²) in [5.74, 6) is 0.558. The Balaban J connectivity index is 2.13. The molecular weight excluding hydrogens is 202 g/mol. The molecule has 14 heavy (non-hydrogen) atoms. The fourth-order valence-electron chi connectivity index (χ4n) is 1.58. The van der Waals surface area contributed by atoms with Crippen LogP contribution in [0, 0.1) is 0 Å². The number of hydrogen-bond acceptors (Lipinski definition) is 4. The maximum atomic E-state index is 9.23. The zero-order valence-electron chi connectivity index (χ0n) is 7.70. The zero-order valence-corrected chi connectivity index (χ0v) is 8.46. The molecule has 2 rings (SSSR count). The number of aliphatic hydroxyl groups excluding tert-OH is 1. The molecule has 1 aromatic rings. The lowest BCUT2D eigenvalue weighted by molar-refractivity contribution is 0.144. The summed E-state index contributed by atoms with van der Waals surface area (Å²) in [7, 11) is 0. The van der Waals surface area contributed by atoms with Crippen molar-refractivity contribution >= 4 is 17.4 Å². The van der Waals surface area contributed by atoms with E-state index in [0.29, 0.717) is 11.0 Å². The van der Waals surface area contributed by atoms with Gasteiger partial charge < -0.3 is 10.4 Å². The molecular formula is C9H12ClN3O. The molecule has 4 nitrogen and oxygen atoms in total. The molecule has 0 atom stereocenters. The number of rotatable bonds is 3. The lowest BCUT2D eigenvalue weighted by Gasteiger charge is -2.41. The van der Waals surface area contributed by atoms with Crippen LogP contribution in [0.4, 0.5) is 5.82 Å². The Hall–Kier alpha value is -0.870. The highest BCUT2D eigenvalue weighted by Crippen LogP contribution is 2.35. The largest absolute Gasteiger partial charge is 0.394 e. The minimum Gasteiger partial charge on any atom is -0.394 e. The number of halogens is 1. The third-order valence-corrected chi connectivity index (χ3v) is 2.93. The van der Waals surface area contributed by atoms with Gasteiger partial charge in [-0.2, -0.15) is 0 Å². The van der Waals surface area contributed by atoms with Gasteiger partial charge in [0.2, 0.25) is 0 Å². The van der Waals surface area contributed by atoms with Crippen LogP contribution in [-0.2, 0) is 0 Å². The molecule has 0 unspecified atom stereocenters. The molecule has 0 saturated heterocycles. The fraction of sp³-hybridized carbons (Fsp3) is 0.556. The number of nitrogens with one attached hydrogen (secondary N) is 1. The maximum Gasteiger partial charge on any atom is 0.171 e. The second-order valence-electron chi connectivity index (χ2n) is 3.61. The Kier molecular flexibility index (Phi) is 2.56. The van der Waals surface area contributed by atoms with Crippen molar-refractivity contribution in [1.82, 2.24) is 9.97 Å². The number of hydrogen-bond donors (Lipinski definition) is 2. The van der Waals surface area contributed by atoms with Crippen LogP contribution >= 0.6 is 11.6 Å². The van der Waals surface area contributed by atoms with Crippen LogP contribution in [0.25, 0.3) is 0 Å². The normalized spacial score (nSPS) is 18.7. The Morgan fingerprint density at radius 3 is 2.64 bits per heavy atom. The fourth-order valence-corrected chi connectivity index (χ4v) is 1.73. The van der Waals surface area contributed by atoms with Gasteiger partial charge in [0, 0.05) is 12.4 Å². The van der Waals surface area contributed by atoms with E-state index in [2.05, 4.69) is 15.3 Å². The average molecular weight is 214 g/mol. The van der Waals surface area contributed by atoms with Gasteiger partial charge >= 0.3 is 0 Å². The summed E-state index contributed by atoms with van der Waals surface area (Å²) in [6, 6.07) is 0. The van der Waals surface area contributed by atoms with E-state index in [-0.39, 0.29) is 12.1 Å². The van der Waals surface area contributed by atoms with Crippen molar-refractivity contribution in [2.24, 2.45) is 0 Å². The summed E-state index contributed by atoms with van der Waals surface area (Å²) in [4.78, 5) is 7.99. The molecule has 1 fully saturated rings. The molecule has 1 heterocycles. The minimum atomic E-state index is -0.223. The second kappa shape index (κ2) is 3.71. The van der Waals surface area contributed by atoms with E-state index in [0.717, 1.165) is 19.3 Å². The van der Waals surface area contributed by atoms with Crippen LogP contribution in [0.2, 0.25) is 5.15 Å². The van der Waals surface area contributed by atoms with E-state index in [1.165, 1.54) is 0 Å². The van der Waals surface area contributed by atoms with Gasteiger partial charge in [0.1, 0.15) is 0 Å². The van der Waals surface area contributed by atoms with Crippen molar-refractivity contribution in [3.05, 3.63) is 17.5 Å². The molecule has 1 aliphatic carbocycles. The van der Waals surface area contributed by atoms with Crippen LogP contribution in [0.5, 0.6) is 0 Å². The average Bonchev–Trinajstić information content (AvgIpc) is 2.14. The SMILES string of the molecule is OCC1(Nc2nccnc2Cl)CCC1. The molecule has 0 aliphatic heterocycles. The van der Waals surface area contributed by atoms with Gasteiger partial charge in [-0.05, 0) is 19.3 Å². The van der Waals surface area contributed by atoms with Crippen LogP contribution in [0.3, 0.4) is 0 Å². The van der Waals surface area contributed by atoms with Crippen LogP contribution in [-0.4, -0.2) is 27.2 Å². The summed E-state index contributed by atoms with van der Waals surface area (Å²) < 4.78 is 0. The molecule has 0 aromatic carbocycles. The lowest BCUT2D eigenvalue weighted by Crippen LogP contribution is -2.48. The number of aromatic nitrogens is 2. The minimum absolute atomic E-state index is 0.111. The van der Waals surface area contributed by atoms with Crippen molar-refractivity contribution in [1.29, 1.82) is 0 Å². The second-order valence-corrected chi connectivity index (χ2v) is 3.97. The molecule has 1 aromatic heterocycles. The van der Waals surface area contributed by atoms with Gasteiger partial charge in [0.25, 0.3) is 0 Å². The van der Waals surface area contributed by atoms with Crippen LogP contribution in [0.15, 0.2) is 12.4 Å². The Morgan fingerprint density at radius 2 is 2.14 bits per heavy atom.